The van der Waals surface area contributed by atoms with Crippen molar-refractivity contribution in [1.82, 2.24) is 9.78 Å². The molecule has 0 aliphatic carbocycles. The number of benzene rings is 1. The van der Waals surface area contributed by atoms with Gasteiger partial charge in [-0.05, 0) is 43.0 Å². The van der Waals surface area contributed by atoms with E-state index in [0.29, 0.717) is 0 Å². The fourth-order valence-corrected chi connectivity index (χ4v) is 1.83. The lowest BCUT2D eigenvalue weighted by atomic mass is 9.97. The van der Waals surface area contributed by atoms with Gasteiger partial charge in [0, 0.05) is 18.8 Å². The van der Waals surface area contributed by atoms with Gasteiger partial charge in [-0.1, -0.05) is 12.1 Å². The summed E-state index contributed by atoms with van der Waals surface area (Å²) in [5.41, 5.74) is 6.47. The molecule has 2 aromatic rings. The van der Waals surface area contributed by atoms with Crippen LogP contribution in [0.2, 0.25) is 0 Å². The largest absolute Gasteiger partial charge is 0.275 e. The van der Waals surface area contributed by atoms with Crippen molar-refractivity contribution in [1.29, 1.82) is 0 Å². The quantitative estimate of drug-likeness (QED) is 0.692. The minimum absolute atomic E-state index is 1.19. The van der Waals surface area contributed by atoms with Crippen molar-refractivity contribution in [2.45, 2.75) is 20.8 Å². The highest BCUT2D eigenvalue weighted by Crippen LogP contribution is 2.25. The van der Waals surface area contributed by atoms with E-state index in [1.54, 1.807) is 0 Å². The van der Waals surface area contributed by atoms with Gasteiger partial charge >= 0.3 is 0 Å². The van der Waals surface area contributed by atoms with Crippen LogP contribution in [-0.4, -0.2) is 9.78 Å². The van der Waals surface area contributed by atoms with Gasteiger partial charge in [-0.15, -0.1) is 0 Å². The van der Waals surface area contributed by atoms with Crippen molar-refractivity contribution < 1.29 is 0 Å². The molecule has 0 atom stereocenters. The summed E-state index contributed by atoms with van der Waals surface area (Å²) in [5, 5.41) is 4.20. The number of hydrogen-bond acceptors (Lipinski definition) is 1. The molecule has 1 aromatic carbocycles. The molecular weight excluding hydrogens is 184 g/mol. The molecule has 0 N–H and O–H groups in total. The Morgan fingerprint density at radius 1 is 1.00 bits per heavy atom. The number of aromatic nitrogens is 2. The highest BCUT2D eigenvalue weighted by molar-refractivity contribution is 5.67. The summed E-state index contributed by atoms with van der Waals surface area (Å²) in [7, 11) is 1.94. The molecule has 0 radical (unpaired) electrons. The molecular formula is C13H16N2. The molecule has 15 heavy (non-hydrogen) atoms. The number of hydrogen-bond donors (Lipinski definition) is 0. The van der Waals surface area contributed by atoms with E-state index in [4.69, 9.17) is 0 Å². The lowest BCUT2D eigenvalue weighted by Crippen LogP contribution is -1.88. The van der Waals surface area contributed by atoms with Crippen LogP contribution in [0.4, 0.5) is 0 Å². The molecule has 2 heteroatoms. The molecule has 0 saturated heterocycles. The average molecular weight is 200 g/mol. The molecule has 0 aliphatic rings. The van der Waals surface area contributed by atoms with Crippen molar-refractivity contribution in [2.24, 2.45) is 7.05 Å². The van der Waals surface area contributed by atoms with Gasteiger partial charge in [0.1, 0.15) is 0 Å². The Kier molecular flexibility index (Phi) is 2.35. The molecule has 0 spiro atoms. The Balaban J connectivity index is 2.58. The zero-order chi connectivity index (χ0) is 11.0. The second-order valence-electron chi connectivity index (χ2n) is 4.15. The van der Waals surface area contributed by atoms with Gasteiger partial charge in [-0.25, -0.2) is 0 Å². The van der Waals surface area contributed by atoms with Gasteiger partial charge in [-0.2, -0.15) is 5.10 Å². The monoisotopic (exact) mass is 200 g/mol. The summed E-state index contributed by atoms with van der Waals surface area (Å²) in [5.74, 6) is 0. The SMILES string of the molecule is Cc1cc(C)c(-c2cnn(C)c2)cc1C. The van der Waals surface area contributed by atoms with Gasteiger partial charge in [0.25, 0.3) is 0 Å². The predicted octanol–water partition coefficient (Wildman–Crippen LogP) is 3.01. The highest BCUT2D eigenvalue weighted by atomic mass is 15.2. The Bertz CT molecular complexity index is 495. The van der Waals surface area contributed by atoms with Gasteiger partial charge < -0.3 is 0 Å². The topological polar surface area (TPSA) is 17.8 Å². The van der Waals surface area contributed by atoms with Crippen LogP contribution in [-0.2, 0) is 7.05 Å². The van der Waals surface area contributed by atoms with E-state index in [1.165, 1.54) is 27.8 Å². The summed E-state index contributed by atoms with van der Waals surface area (Å²) in [4.78, 5) is 0. The van der Waals surface area contributed by atoms with Crippen molar-refractivity contribution >= 4 is 0 Å². The Morgan fingerprint density at radius 2 is 1.67 bits per heavy atom. The first-order valence-electron chi connectivity index (χ1n) is 5.15. The van der Waals surface area contributed by atoms with Crippen LogP contribution >= 0.6 is 0 Å². The van der Waals surface area contributed by atoms with Crippen molar-refractivity contribution in [2.75, 3.05) is 0 Å². The zero-order valence-electron chi connectivity index (χ0n) is 9.70. The second kappa shape index (κ2) is 3.54. The maximum Gasteiger partial charge on any atom is 0.0568 e. The third kappa shape index (κ3) is 1.80. The fourth-order valence-electron chi connectivity index (χ4n) is 1.83. The Morgan fingerprint density at radius 3 is 2.27 bits per heavy atom. The van der Waals surface area contributed by atoms with Gasteiger partial charge in [0.15, 0.2) is 0 Å². The number of aryl methyl sites for hydroxylation is 4. The van der Waals surface area contributed by atoms with E-state index >= 15 is 0 Å². The number of nitrogens with zero attached hydrogens (tertiary/aromatic N) is 2. The molecule has 78 valence electrons. The van der Waals surface area contributed by atoms with Crippen LogP contribution in [0.15, 0.2) is 24.5 Å². The van der Waals surface area contributed by atoms with Gasteiger partial charge in [0.2, 0.25) is 0 Å². The van der Waals surface area contributed by atoms with Gasteiger partial charge in [0.05, 0.1) is 6.20 Å². The summed E-state index contributed by atoms with van der Waals surface area (Å²) in [6, 6.07) is 4.47. The van der Waals surface area contributed by atoms with Crippen molar-refractivity contribution in [3.05, 3.63) is 41.2 Å². The third-order valence-corrected chi connectivity index (χ3v) is 2.86. The van der Waals surface area contributed by atoms with Crippen LogP contribution in [0, 0.1) is 20.8 Å². The van der Waals surface area contributed by atoms with E-state index in [9.17, 15) is 0 Å². The summed E-state index contributed by atoms with van der Waals surface area (Å²) < 4.78 is 1.84. The molecule has 2 nitrogen and oxygen atoms in total. The Hall–Kier alpha value is -1.57. The highest BCUT2D eigenvalue weighted by Gasteiger charge is 2.05. The summed E-state index contributed by atoms with van der Waals surface area (Å²) >= 11 is 0. The normalized spacial score (nSPS) is 10.7. The molecule has 0 bridgehead atoms. The second-order valence-corrected chi connectivity index (χ2v) is 4.15. The molecule has 0 saturated carbocycles. The maximum absolute atomic E-state index is 4.20. The van der Waals surface area contributed by atoms with E-state index < -0.39 is 0 Å². The first-order chi connectivity index (χ1) is 7.08. The lowest BCUT2D eigenvalue weighted by molar-refractivity contribution is 0.768. The third-order valence-electron chi connectivity index (χ3n) is 2.86. The summed E-state index contributed by atoms with van der Waals surface area (Å²) in [6.07, 6.45) is 3.97. The molecule has 0 aliphatic heterocycles. The minimum Gasteiger partial charge on any atom is -0.275 e. The van der Waals surface area contributed by atoms with E-state index in [-0.39, 0.29) is 0 Å². The van der Waals surface area contributed by atoms with Crippen LogP contribution in [0.5, 0.6) is 0 Å². The molecule has 1 aromatic heterocycles. The van der Waals surface area contributed by atoms with Gasteiger partial charge in [-0.3, -0.25) is 4.68 Å². The maximum atomic E-state index is 4.20. The smallest absolute Gasteiger partial charge is 0.0568 e. The van der Waals surface area contributed by atoms with Crippen molar-refractivity contribution in [3.8, 4) is 11.1 Å². The fraction of sp³-hybridized carbons (Fsp3) is 0.308. The lowest BCUT2D eigenvalue weighted by Gasteiger charge is -2.07. The van der Waals surface area contributed by atoms with Crippen molar-refractivity contribution in [3.63, 3.8) is 0 Å². The Labute approximate surface area is 90.6 Å². The minimum atomic E-state index is 1.19. The standard InChI is InChI=1S/C13H16N2/c1-9-5-11(3)13(6-10(9)2)12-7-14-15(4)8-12/h5-8H,1-4H3. The zero-order valence-corrected chi connectivity index (χ0v) is 9.70. The molecule has 2 rings (SSSR count). The molecule has 0 amide bonds. The van der Waals surface area contributed by atoms with E-state index in [1.807, 2.05) is 17.9 Å². The van der Waals surface area contributed by atoms with Crippen LogP contribution in [0.3, 0.4) is 0 Å². The first kappa shape index (κ1) is 9.97. The molecule has 0 unspecified atom stereocenters. The average Bonchev–Trinajstić information content (AvgIpc) is 2.58. The van der Waals surface area contributed by atoms with E-state index in [0.717, 1.165) is 0 Å². The molecule has 0 fully saturated rings. The first-order valence-corrected chi connectivity index (χ1v) is 5.15. The van der Waals surface area contributed by atoms with Crippen LogP contribution < -0.4 is 0 Å². The summed E-state index contributed by atoms with van der Waals surface area (Å²) in [6.45, 7) is 6.44. The number of rotatable bonds is 1. The molecule has 1 heterocycles. The van der Waals surface area contributed by atoms with Crippen LogP contribution in [0.25, 0.3) is 11.1 Å². The predicted molar refractivity (Wildman–Crippen MR) is 62.9 cm³/mol. The van der Waals surface area contributed by atoms with Crippen LogP contribution in [0.1, 0.15) is 16.7 Å². The van der Waals surface area contributed by atoms with E-state index in [2.05, 4.69) is 44.2 Å².